The smallest absolute Gasteiger partial charge is 0.000964 e. The SMILES string of the molecule is C=C1c2ccccc2CC2c3c(cccc31)CCC2CN(C)C.Cl. The molecule has 0 radical (unpaired) electrons. The van der Waals surface area contributed by atoms with Crippen molar-refractivity contribution in [2.24, 2.45) is 5.92 Å². The van der Waals surface area contributed by atoms with Crippen molar-refractivity contribution in [3.05, 3.63) is 76.9 Å². The van der Waals surface area contributed by atoms with Crippen LogP contribution in [0.4, 0.5) is 0 Å². The van der Waals surface area contributed by atoms with Crippen molar-refractivity contribution >= 4 is 18.0 Å². The predicted octanol–water partition coefficient (Wildman–Crippen LogP) is 4.93. The summed E-state index contributed by atoms with van der Waals surface area (Å²) in [6, 6.07) is 15.7. The Balaban J connectivity index is 0.00000169. The molecule has 2 aliphatic carbocycles. The highest BCUT2D eigenvalue weighted by molar-refractivity contribution is 5.85. The molecule has 2 heteroatoms. The van der Waals surface area contributed by atoms with E-state index in [0.29, 0.717) is 5.92 Å². The first-order valence-corrected chi connectivity index (χ1v) is 8.69. The van der Waals surface area contributed by atoms with Crippen LogP contribution in [0.5, 0.6) is 0 Å². The summed E-state index contributed by atoms with van der Waals surface area (Å²) in [6.45, 7) is 5.64. The summed E-state index contributed by atoms with van der Waals surface area (Å²) in [5.74, 6) is 1.36. The fourth-order valence-corrected chi connectivity index (χ4v) is 4.64. The van der Waals surface area contributed by atoms with E-state index < -0.39 is 0 Å². The third-order valence-corrected chi connectivity index (χ3v) is 5.63. The Bertz CT molecular complexity index is 762. The summed E-state index contributed by atoms with van der Waals surface area (Å²) in [4.78, 5) is 2.35. The van der Waals surface area contributed by atoms with E-state index >= 15 is 0 Å². The third kappa shape index (κ3) is 2.81. The zero-order valence-corrected chi connectivity index (χ0v) is 15.4. The molecule has 0 bridgehead atoms. The van der Waals surface area contributed by atoms with E-state index in [0.717, 1.165) is 12.3 Å². The molecule has 0 aliphatic heterocycles. The van der Waals surface area contributed by atoms with Gasteiger partial charge < -0.3 is 4.90 Å². The normalized spacial score (nSPS) is 21.5. The number of hydrogen-bond acceptors (Lipinski definition) is 1. The number of hydrogen-bond donors (Lipinski definition) is 0. The second-order valence-corrected chi connectivity index (χ2v) is 7.39. The Morgan fingerprint density at radius 3 is 2.50 bits per heavy atom. The van der Waals surface area contributed by atoms with Gasteiger partial charge in [-0.2, -0.15) is 0 Å². The van der Waals surface area contributed by atoms with Crippen molar-refractivity contribution in [1.82, 2.24) is 4.90 Å². The first-order chi connectivity index (χ1) is 11.1. The topological polar surface area (TPSA) is 3.24 Å². The van der Waals surface area contributed by atoms with Crippen LogP contribution in [0.25, 0.3) is 5.57 Å². The van der Waals surface area contributed by atoms with Crippen LogP contribution in [-0.2, 0) is 12.8 Å². The van der Waals surface area contributed by atoms with E-state index in [9.17, 15) is 0 Å². The fraction of sp³-hybridized carbons (Fsp3) is 0.364. The van der Waals surface area contributed by atoms with Crippen molar-refractivity contribution < 1.29 is 0 Å². The van der Waals surface area contributed by atoms with E-state index in [1.165, 1.54) is 41.6 Å². The van der Waals surface area contributed by atoms with Crippen molar-refractivity contribution in [2.75, 3.05) is 20.6 Å². The molecular weight excluding hydrogens is 314 g/mol. The molecule has 2 aromatic carbocycles. The monoisotopic (exact) mass is 339 g/mol. The van der Waals surface area contributed by atoms with Gasteiger partial charge in [-0.1, -0.05) is 49.0 Å². The minimum absolute atomic E-state index is 0. The number of rotatable bonds is 2. The molecule has 2 atom stereocenters. The van der Waals surface area contributed by atoms with Crippen LogP contribution in [0.3, 0.4) is 0 Å². The van der Waals surface area contributed by atoms with Crippen LogP contribution in [0.15, 0.2) is 49.0 Å². The van der Waals surface area contributed by atoms with Crippen molar-refractivity contribution in [3.63, 3.8) is 0 Å². The quantitative estimate of drug-likeness (QED) is 0.749. The third-order valence-electron chi connectivity index (χ3n) is 5.63. The van der Waals surface area contributed by atoms with Crippen LogP contribution in [0.1, 0.15) is 40.2 Å². The van der Waals surface area contributed by atoms with Crippen molar-refractivity contribution in [2.45, 2.75) is 25.2 Å². The van der Waals surface area contributed by atoms with Crippen LogP contribution >= 0.6 is 12.4 Å². The number of aryl methyl sites for hydroxylation is 1. The molecule has 0 heterocycles. The Kier molecular flexibility index (Phi) is 4.85. The summed E-state index contributed by atoms with van der Waals surface area (Å²) in [7, 11) is 4.40. The first-order valence-electron chi connectivity index (χ1n) is 8.69. The van der Waals surface area contributed by atoms with Gasteiger partial charge in [0.1, 0.15) is 0 Å². The standard InChI is InChI=1S/C22H25N.ClH/c1-15-19-9-5-4-7-17(19)13-21-18(14-23(2)3)12-11-16-8-6-10-20(15)22(16)21;/h4-10,18,21H,1,11-14H2,2-3H3;1H. The summed E-state index contributed by atoms with van der Waals surface area (Å²) in [6.07, 6.45) is 3.66. The van der Waals surface area contributed by atoms with E-state index in [2.05, 4.69) is 68.0 Å². The van der Waals surface area contributed by atoms with Gasteiger partial charge in [0.05, 0.1) is 0 Å². The Morgan fingerprint density at radius 1 is 1.00 bits per heavy atom. The van der Waals surface area contributed by atoms with Crippen LogP contribution in [0, 0.1) is 5.92 Å². The second kappa shape index (κ2) is 6.74. The highest BCUT2D eigenvalue weighted by Gasteiger charge is 2.34. The Labute approximate surface area is 151 Å². The van der Waals surface area contributed by atoms with E-state index in [1.807, 2.05) is 0 Å². The molecule has 0 N–H and O–H groups in total. The molecule has 0 saturated heterocycles. The lowest BCUT2D eigenvalue weighted by Gasteiger charge is -2.36. The lowest BCUT2D eigenvalue weighted by atomic mass is 9.71. The number of halogens is 1. The van der Waals surface area contributed by atoms with Gasteiger partial charge in [-0.3, -0.25) is 0 Å². The number of benzene rings is 2. The molecule has 1 nitrogen and oxygen atoms in total. The number of nitrogens with zero attached hydrogens (tertiary/aromatic N) is 1. The van der Waals surface area contributed by atoms with Gasteiger partial charge in [-0.05, 0) is 78.6 Å². The van der Waals surface area contributed by atoms with Gasteiger partial charge in [-0.25, -0.2) is 0 Å². The molecule has 2 unspecified atom stereocenters. The van der Waals surface area contributed by atoms with Gasteiger partial charge in [0.15, 0.2) is 0 Å². The molecule has 0 amide bonds. The first kappa shape index (κ1) is 17.3. The molecule has 4 rings (SSSR count). The molecule has 0 spiro atoms. The van der Waals surface area contributed by atoms with Crippen LogP contribution in [0.2, 0.25) is 0 Å². The minimum Gasteiger partial charge on any atom is -0.309 e. The summed E-state index contributed by atoms with van der Waals surface area (Å²) < 4.78 is 0. The molecule has 2 aromatic rings. The lowest BCUT2D eigenvalue weighted by Crippen LogP contribution is -2.31. The van der Waals surface area contributed by atoms with Crippen LogP contribution in [-0.4, -0.2) is 25.5 Å². The molecular formula is C22H26ClN. The van der Waals surface area contributed by atoms with Gasteiger partial charge in [0.2, 0.25) is 0 Å². The molecule has 0 saturated carbocycles. The fourth-order valence-electron chi connectivity index (χ4n) is 4.64. The highest BCUT2D eigenvalue weighted by atomic mass is 35.5. The van der Waals surface area contributed by atoms with Gasteiger partial charge in [-0.15, -0.1) is 12.4 Å². The van der Waals surface area contributed by atoms with E-state index in [1.54, 1.807) is 11.1 Å². The summed E-state index contributed by atoms with van der Waals surface area (Å²) >= 11 is 0. The zero-order chi connectivity index (χ0) is 16.0. The van der Waals surface area contributed by atoms with Gasteiger partial charge in [0.25, 0.3) is 0 Å². The summed E-state index contributed by atoms with van der Waals surface area (Å²) in [5.41, 5.74) is 8.56. The van der Waals surface area contributed by atoms with E-state index in [-0.39, 0.29) is 12.4 Å². The van der Waals surface area contributed by atoms with E-state index in [4.69, 9.17) is 0 Å². The highest BCUT2D eigenvalue weighted by Crippen LogP contribution is 2.46. The zero-order valence-electron chi connectivity index (χ0n) is 14.6. The molecule has 0 aromatic heterocycles. The molecule has 2 aliphatic rings. The maximum Gasteiger partial charge on any atom is 0.000964 e. The summed E-state index contributed by atoms with van der Waals surface area (Å²) in [5, 5.41) is 0. The lowest BCUT2D eigenvalue weighted by molar-refractivity contribution is 0.264. The van der Waals surface area contributed by atoms with Gasteiger partial charge in [0, 0.05) is 6.54 Å². The van der Waals surface area contributed by atoms with Crippen LogP contribution < -0.4 is 0 Å². The second-order valence-electron chi connectivity index (χ2n) is 7.39. The van der Waals surface area contributed by atoms with Crippen molar-refractivity contribution in [3.8, 4) is 0 Å². The number of fused-ring (bicyclic) bond motifs is 1. The largest absolute Gasteiger partial charge is 0.309 e. The average Bonchev–Trinajstić information content (AvgIpc) is 2.67. The molecule has 126 valence electrons. The van der Waals surface area contributed by atoms with Crippen molar-refractivity contribution in [1.29, 1.82) is 0 Å². The molecule has 24 heavy (non-hydrogen) atoms. The Hall–Kier alpha value is -1.57. The average molecular weight is 340 g/mol. The predicted molar refractivity (Wildman–Crippen MR) is 105 cm³/mol. The minimum atomic E-state index is 0. The van der Waals surface area contributed by atoms with Gasteiger partial charge >= 0.3 is 0 Å². The molecule has 0 fully saturated rings. The maximum atomic E-state index is 4.47. The Morgan fingerprint density at radius 2 is 1.71 bits per heavy atom. The maximum absolute atomic E-state index is 4.47.